The molecule has 1 aromatic carbocycles. The number of benzene rings is 1. The van der Waals surface area contributed by atoms with E-state index in [0.29, 0.717) is 24.3 Å². The third kappa shape index (κ3) is 3.85. The van der Waals surface area contributed by atoms with Crippen LogP contribution < -0.4 is 4.74 Å². The number of hydrogen-bond donors (Lipinski definition) is 1. The molecule has 1 rings (SSSR count). The molecule has 1 N–H and O–H groups in total. The number of carboxylic acids is 1. The molecule has 1 amide bonds. The van der Waals surface area contributed by atoms with E-state index in [-0.39, 0.29) is 5.91 Å². The zero-order valence-corrected chi connectivity index (χ0v) is 11.7. The maximum absolute atomic E-state index is 12.2. The van der Waals surface area contributed by atoms with Gasteiger partial charge in [0.15, 0.2) is 0 Å². The number of carboxylic acid groups (broad SMARTS) is 1. The highest BCUT2D eigenvalue weighted by Gasteiger charge is 2.25. The highest BCUT2D eigenvalue weighted by Crippen LogP contribution is 2.15. The lowest BCUT2D eigenvalue weighted by Crippen LogP contribution is -2.41. The summed E-state index contributed by atoms with van der Waals surface area (Å²) in [5.74, 6) is -0.696. The molecule has 0 aliphatic carbocycles. The average Bonchev–Trinajstić information content (AvgIpc) is 2.45. The minimum absolute atomic E-state index is 0.325. The number of ether oxygens (including phenoxy) is 1. The molecule has 0 aromatic heterocycles. The van der Waals surface area contributed by atoms with E-state index in [9.17, 15) is 9.59 Å². The van der Waals surface area contributed by atoms with Crippen LogP contribution in [-0.2, 0) is 4.79 Å². The first-order chi connectivity index (χ1) is 9.51. The normalized spacial score (nSPS) is 11.5. The van der Waals surface area contributed by atoms with Gasteiger partial charge in [-0.25, -0.2) is 4.79 Å². The van der Waals surface area contributed by atoms with Crippen LogP contribution in [0.25, 0.3) is 0 Å². The summed E-state index contributed by atoms with van der Waals surface area (Å²) in [6, 6.07) is 5.76. The van der Waals surface area contributed by atoms with Gasteiger partial charge in [0.05, 0.1) is 0 Å². The Labute approximate surface area is 118 Å². The molecule has 0 bridgehead atoms. The zero-order valence-electron chi connectivity index (χ0n) is 11.7. The van der Waals surface area contributed by atoms with Crippen molar-refractivity contribution in [1.82, 2.24) is 4.90 Å². The Morgan fingerprint density at radius 2 is 2.00 bits per heavy atom. The van der Waals surface area contributed by atoms with Crippen LogP contribution in [0.3, 0.4) is 0 Å². The summed E-state index contributed by atoms with van der Waals surface area (Å²) in [5, 5.41) is 9.06. The largest absolute Gasteiger partial charge is 0.490 e. The molecular weight excluding hydrogens is 258 g/mol. The molecule has 108 valence electrons. The van der Waals surface area contributed by atoms with Crippen LogP contribution in [0.4, 0.5) is 0 Å². The Bertz CT molecular complexity index is 481. The van der Waals surface area contributed by atoms with Gasteiger partial charge in [0.1, 0.15) is 18.4 Å². The van der Waals surface area contributed by atoms with E-state index >= 15 is 0 Å². The summed E-state index contributed by atoms with van der Waals surface area (Å²) < 4.78 is 5.32. The highest BCUT2D eigenvalue weighted by molar-refractivity contribution is 5.96. The predicted octanol–water partition coefficient (Wildman–Crippen LogP) is 2.19. The van der Waals surface area contributed by atoms with Crippen molar-refractivity contribution in [3.05, 3.63) is 42.5 Å². The lowest BCUT2D eigenvalue weighted by molar-refractivity contribution is -0.142. The van der Waals surface area contributed by atoms with Crippen LogP contribution >= 0.6 is 0 Å². The van der Waals surface area contributed by atoms with Gasteiger partial charge in [0.2, 0.25) is 0 Å². The van der Waals surface area contributed by atoms with Crippen LogP contribution in [0, 0.1) is 0 Å². The van der Waals surface area contributed by atoms with Gasteiger partial charge in [-0.3, -0.25) is 4.79 Å². The molecule has 0 radical (unpaired) electrons. The van der Waals surface area contributed by atoms with Crippen molar-refractivity contribution in [3.8, 4) is 5.75 Å². The van der Waals surface area contributed by atoms with Gasteiger partial charge in [-0.15, -0.1) is 0 Å². The first-order valence-corrected chi connectivity index (χ1v) is 6.35. The number of carbonyl (C=O) groups excluding carboxylic acids is 1. The molecular formula is C15H19NO4. The van der Waals surface area contributed by atoms with Gasteiger partial charge < -0.3 is 14.7 Å². The number of hydrogen-bond acceptors (Lipinski definition) is 3. The monoisotopic (exact) mass is 277 g/mol. The second-order valence-electron chi connectivity index (χ2n) is 4.30. The first-order valence-electron chi connectivity index (χ1n) is 6.35. The van der Waals surface area contributed by atoms with Crippen molar-refractivity contribution in [2.45, 2.75) is 19.4 Å². The molecule has 20 heavy (non-hydrogen) atoms. The number of rotatable bonds is 7. The maximum Gasteiger partial charge on any atom is 0.326 e. The van der Waals surface area contributed by atoms with Crippen molar-refractivity contribution in [2.75, 3.05) is 13.7 Å². The molecule has 1 unspecified atom stereocenters. The summed E-state index contributed by atoms with van der Waals surface area (Å²) in [7, 11) is 1.49. The quantitative estimate of drug-likeness (QED) is 0.776. The molecule has 0 spiro atoms. The number of aliphatic carboxylic acids is 1. The molecule has 0 aliphatic heterocycles. The summed E-state index contributed by atoms with van der Waals surface area (Å²) >= 11 is 0. The van der Waals surface area contributed by atoms with Gasteiger partial charge in [-0.05, 0) is 30.7 Å². The van der Waals surface area contributed by atoms with Crippen LogP contribution in [0.2, 0.25) is 0 Å². The Morgan fingerprint density at radius 3 is 2.45 bits per heavy atom. The van der Waals surface area contributed by atoms with Crippen LogP contribution in [0.15, 0.2) is 36.9 Å². The number of nitrogens with zero attached hydrogens (tertiary/aromatic N) is 1. The van der Waals surface area contributed by atoms with E-state index in [1.807, 2.05) is 0 Å². The van der Waals surface area contributed by atoms with Gasteiger partial charge in [-0.1, -0.05) is 19.6 Å². The van der Waals surface area contributed by atoms with Gasteiger partial charge in [0, 0.05) is 12.6 Å². The molecule has 5 nitrogen and oxygen atoms in total. The average molecular weight is 277 g/mol. The third-order valence-electron chi connectivity index (χ3n) is 2.93. The highest BCUT2D eigenvalue weighted by atomic mass is 16.5. The SMILES string of the molecule is C=CCOc1ccc(C(=O)N(C)C(CC)C(=O)O)cc1. The first kappa shape index (κ1) is 15.8. The van der Waals surface area contributed by atoms with Crippen molar-refractivity contribution in [3.63, 3.8) is 0 Å². The predicted molar refractivity (Wildman–Crippen MR) is 75.9 cm³/mol. The van der Waals surface area contributed by atoms with E-state index in [4.69, 9.17) is 9.84 Å². The van der Waals surface area contributed by atoms with E-state index < -0.39 is 12.0 Å². The molecule has 0 heterocycles. The van der Waals surface area contributed by atoms with E-state index in [1.54, 1.807) is 37.3 Å². The molecule has 0 saturated carbocycles. The number of carbonyl (C=O) groups is 2. The van der Waals surface area contributed by atoms with Crippen LogP contribution in [0.1, 0.15) is 23.7 Å². The second-order valence-corrected chi connectivity index (χ2v) is 4.30. The summed E-state index contributed by atoms with van der Waals surface area (Å²) in [6.07, 6.45) is 1.99. The third-order valence-corrected chi connectivity index (χ3v) is 2.93. The summed E-state index contributed by atoms with van der Waals surface area (Å²) in [6.45, 7) is 5.67. The standard InChI is InChI=1S/C15H19NO4/c1-4-10-20-12-8-6-11(7-9-12)14(17)16(3)13(5-2)15(18)19/h4,6-9,13H,1,5,10H2,2-3H3,(H,18,19). The zero-order chi connectivity index (χ0) is 15.1. The van der Waals surface area contributed by atoms with Crippen LogP contribution in [-0.4, -0.2) is 41.6 Å². The van der Waals surface area contributed by atoms with Gasteiger partial charge in [-0.2, -0.15) is 0 Å². The lowest BCUT2D eigenvalue weighted by Gasteiger charge is -2.23. The fourth-order valence-corrected chi connectivity index (χ4v) is 1.81. The fourth-order valence-electron chi connectivity index (χ4n) is 1.81. The summed E-state index contributed by atoms with van der Waals surface area (Å²) in [4.78, 5) is 24.5. The smallest absolute Gasteiger partial charge is 0.326 e. The molecule has 1 aromatic rings. The molecule has 0 aliphatic rings. The second kappa shape index (κ2) is 7.33. The van der Waals surface area contributed by atoms with Crippen molar-refractivity contribution in [2.24, 2.45) is 0 Å². The van der Waals surface area contributed by atoms with Gasteiger partial charge in [0.25, 0.3) is 5.91 Å². The van der Waals surface area contributed by atoms with Gasteiger partial charge >= 0.3 is 5.97 Å². The van der Waals surface area contributed by atoms with Crippen molar-refractivity contribution >= 4 is 11.9 Å². The van der Waals surface area contributed by atoms with E-state index in [0.717, 1.165) is 0 Å². The minimum Gasteiger partial charge on any atom is -0.490 e. The number of amides is 1. The topological polar surface area (TPSA) is 66.8 Å². The van der Waals surface area contributed by atoms with Crippen molar-refractivity contribution in [1.29, 1.82) is 0 Å². The molecule has 0 fully saturated rings. The number of likely N-dealkylation sites (N-methyl/N-ethyl adjacent to an activating group) is 1. The van der Waals surface area contributed by atoms with E-state index in [2.05, 4.69) is 6.58 Å². The van der Waals surface area contributed by atoms with Crippen molar-refractivity contribution < 1.29 is 19.4 Å². The maximum atomic E-state index is 12.2. The van der Waals surface area contributed by atoms with Crippen LogP contribution in [0.5, 0.6) is 5.75 Å². The van der Waals surface area contributed by atoms with E-state index in [1.165, 1.54) is 11.9 Å². The summed E-state index contributed by atoms with van der Waals surface area (Å²) in [5.41, 5.74) is 0.429. The Hall–Kier alpha value is -2.30. The minimum atomic E-state index is -1.01. The Morgan fingerprint density at radius 1 is 1.40 bits per heavy atom. The Balaban J connectivity index is 2.81. The fraction of sp³-hybridized carbons (Fsp3) is 0.333. The molecule has 1 atom stereocenters. The molecule has 5 heteroatoms. The molecule has 0 saturated heterocycles. The Kier molecular flexibility index (Phi) is 5.77. The lowest BCUT2D eigenvalue weighted by atomic mass is 10.1.